The van der Waals surface area contributed by atoms with E-state index in [1.165, 1.54) is 30.3 Å². The molecule has 0 bridgehead atoms. The van der Waals surface area contributed by atoms with E-state index in [0.717, 1.165) is 0 Å². The molecule has 1 amide bonds. The highest BCUT2D eigenvalue weighted by molar-refractivity contribution is 5.84. The zero-order valence-electron chi connectivity index (χ0n) is 14.5. The standard InChI is InChI=1S/C18H19N3O5/c1-3-19(4-2)16(23)11-26-15-10-6-8-13-18(15)21(25)12-7-5-9-14(22)17(12)20(13)24/h5-10,22H,3-4,11H2,1-2H3. The van der Waals surface area contributed by atoms with Crippen molar-refractivity contribution in [3.05, 3.63) is 46.8 Å². The summed E-state index contributed by atoms with van der Waals surface area (Å²) in [4.78, 5) is 13.7. The van der Waals surface area contributed by atoms with Crippen molar-refractivity contribution in [3.8, 4) is 11.5 Å². The van der Waals surface area contributed by atoms with E-state index in [1.54, 1.807) is 11.0 Å². The van der Waals surface area contributed by atoms with Gasteiger partial charge in [-0.1, -0.05) is 12.1 Å². The summed E-state index contributed by atoms with van der Waals surface area (Å²) in [5.74, 6) is -0.363. The molecule has 26 heavy (non-hydrogen) atoms. The number of carbonyl (C=O) groups is 1. The van der Waals surface area contributed by atoms with E-state index in [2.05, 4.69) is 0 Å². The third-order valence-corrected chi connectivity index (χ3v) is 4.28. The van der Waals surface area contributed by atoms with Crippen LogP contribution in [-0.4, -0.2) is 35.6 Å². The number of phenols is 1. The molecule has 0 unspecified atom stereocenters. The van der Waals surface area contributed by atoms with Gasteiger partial charge in [0, 0.05) is 25.2 Å². The van der Waals surface area contributed by atoms with Gasteiger partial charge in [-0.05, 0) is 26.0 Å². The van der Waals surface area contributed by atoms with Gasteiger partial charge in [0.15, 0.2) is 18.1 Å². The number of fused-ring (bicyclic) bond motifs is 2. The number of nitrogens with zero attached hydrogens (tertiary/aromatic N) is 3. The number of ether oxygens (including phenoxy) is 1. The van der Waals surface area contributed by atoms with Gasteiger partial charge in [0.2, 0.25) is 0 Å². The Morgan fingerprint density at radius 3 is 2.27 bits per heavy atom. The molecular formula is C18H19N3O5. The molecule has 1 N–H and O–H groups in total. The van der Waals surface area contributed by atoms with E-state index in [1.807, 2.05) is 13.8 Å². The average molecular weight is 357 g/mol. The number of carbonyl (C=O) groups excluding carboxylic acids is 1. The summed E-state index contributed by atoms with van der Waals surface area (Å²) in [5, 5.41) is 35.4. The number of hydrogen-bond acceptors (Lipinski definition) is 5. The number of amides is 1. The summed E-state index contributed by atoms with van der Waals surface area (Å²) in [5.41, 5.74) is -0.0558. The van der Waals surface area contributed by atoms with Crippen LogP contribution >= 0.6 is 0 Å². The van der Waals surface area contributed by atoms with E-state index >= 15 is 0 Å². The van der Waals surface area contributed by atoms with Crippen LogP contribution in [-0.2, 0) is 4.79 Å². The van der Waals surface area contributed by atoms with Gasteiger partial charge in [-0.3, -0.25) is 4.79 Å². The molecule has 2 aromatic carbocycles. The van der Waals surface area contributed by atoms with Gasteiger partial charge >= 0.3 is 11.0 Å². The SMILES string of the molecule is CCN(CC)C(=O)COc1cccc2c1[n+]([O-])c1cccc(O)c1[n+]2[O-]. The van der Waals surface area contributed by atoms with E-state index in [9.17, 15) is 20.3 Å². The highest BCUT2D eigenvalue weighted by Gasteiger charge is 2.27. The number of likely N-dealkylation sites (N-methyl/N-ethyl adjacent to an activating group) is 1. The summed E-state index contributed by atoms with van der Waals surface area (Å²) in [6, 6.07) is 8.80. The summed E-state index contributed by atoms with van der Waals surface area (Å²) in [7, 11) is 0. The number of para-hydroxylation sites is 2. The van der Waals surface area contributed by atoms with Crippen LogP contribution in [0.5, 0.6) is 11.5 Å². The Morgan fingerprint density at radius 2 is 1.62 bits per heavy atom. The van der Waals surface area contributed by atoms with E-state index in [0.29, 0.717) is 22.6 Å². The fraction of sp³-hybridized carbons (Fsp3) is 0.278. The number of rotatable bonds is 5. The van der Waals surface area contributed by atoms with Gasteiger partial charge in [-0.2, -0.15) is 9.46 Å². The normalized spacial score (nSPS) is 11.0. The lowest BCUT2D eigenvalue weighted by molar-refractivity contribution is -0.591. The number of benzene rings is 2. The van der Waals surface area contributed by atoms with E-state index in [-0.39, 0.29) is 46.1 Å². The Kier molecular flexibility index (Phi) is 4.66. The minimum absolute atomic E-state index is 0.00736. The lowest BCUT2D eigenvalue weighted by Crippen LogP contribution is -2.40. The zero-order chi connectivity index (χ0) is 18.8. The Labute approximate surface area is 149 Å². The van der Waals surface area contributed by atoms with Crippen molar-refractivity contribution in [1.82, 2.24) is 4.90 Å². The molecule has 0 radical (unpaired) electrons. The van der Waals surface area contributed by atoms with Crippen LogP contribution in [0.25, 0.3) is 22.1 Å². The first-order valence-corrected chi connectivity index (χ1v) is 8.29. The largest absolute Gasteiger partial charge is 0.617 e. The highest BCUT2D eigenvalue weighted by Crippen LogP contribution is 2.25. The molecule has 0 fully saturated rings. The molecule has 0 aliphatic rings. The van der Waals surface area contributed by atoms with Gasteiger partial charge in [0.25, 0.3) is 16.9 Å². The van der Waals surface area contributed by atoms with Gasteiger partial charge in [-0.15, -0.1) is 0 Å². The lowest BCUT2D eigenvalue weighted by atomic mass is 10.2. The number of aromatic hydroxyl groups is 1. The maximum Gasteiger partial charge on any atom is 0.332 e. The van der Waals surface area contributed by atoms with Crippen molar-refractivity contribution in [2.75, 3.05) is 19.7 Å². The first-order chi connectivity index (χ1) is 12.5. The monoisotopic (exact) mass is 357 g/mol. The van der Waals surface area contributed by atoms with Crippen LogP contribution in [0.15, 0.2) is 36.4 Å². The van der Waals surface area contributed by atoms with E-state index in [4.69, 9.17) is 4.74 Å². The Bertz CT molecular complexity index is 986. The molecule has 0 aliphatic carbocycles. The number of hydrogen-bond donors (Lipinski definition) is 1. The Morgan fingerprint density at radius 1 is 1.04 bits per heavy atom. The summed E-state index contributed by atoms with van der Waals surface area (Å²) in [6.07, 6.45) is 0. The van der Waals surface area contributed by atoms with Crippen LogP contribution in [0.1, 0.15) is 13.8 Å². The molecule has 0 saturated heterocycles. The minimum atomic E-state index is -0.285. The molecule has 1 heterocycles. The molecule has 0 saturated carbocycles. The van der Waals surface area contributed by atoms with Crippen molar-refractivity contribution >= 4 is 28.0 Å². The first kappa shape index (κ1) is 17.5. The summed E-state index contributed by atoms with van der Waals surface area (Å²) >= 11 is 0. The van der Waals surface area contributed by atoms with Crippen LogP contribution < -0.4 is 14.2 Å². The molecule has 0 aliphatic heterocycles. The molecular weight excluding hydrogens is 338 g/mol. The second kappa shape index (κ2) is 6.91. The average Bonchev–Trinajstić information content (AvgIpc) is 2.65. The number of phenolic OH excluding ortho intramolecular Hbond substituents is 1. The lowest BCUT2D eigenvalue weighted by Gasteiger charge is -2.18. The number of aromatic nitrogens is 2. The fourth-order valence-electron chi connectivity index (χ4n) is 2.93. The molecule has 0 spiro atoms. The first-order valence-electron chi connectivity index (χ1n) is 8.29. The van der Waals surface area contributed by atoms with E-state index < -0.39 is 0 Å². The van der Waals surface area contributed by atoms with Crippen molar-refractivity contribution in [2.45, 2.75) is 13.8 Å². The maximum absolute atomic E-state index is 12.8. The van der Waals surface area contributed by atoms with Gasteiger partial charge < -0.3 is 25.2 Å². The molecule has 0 atom stereocenters. The summed E-state index contributed by atoms with van der Waals surface area (Å²) < 4.78 is 6.59. The highest BCUT2D eigenvalue weighted by atomic mass is 16.5. The third-order valence-electron chi connectivity index (χ3n) is 4.28. The summed E-state index contributed by atoms with van der Waals surface area (Å²) in [6.45, 7) is 4.60. The zero-order valence-corrected chi connectivity index (χ0v) is 14.5. The third kappa shape index (κ3) is 2.79. The van der Waals surface area contributed by atoms with Crippen LogP contribution in [0, 0.1) is 10.4 Å². The maximum atomic E-state index is 12.8. The molecule has 8 heteroatoms. The van der Waals surface area contributed by atoms with Crippen LogP contribution in [0.4, 0.5) is 0 Å². The van der Waals surface area contributed by atoms with Gasteiger partial charge in [0.1, 0.15) is 0 Å². The molecule has 3 aromatic rings. The smallest absolute Gasteiger partial charge is 0.332 e. The van der Waals surface area contributed by atoms with Crippen LogP contribution in [0.3, 0.4) is 0 Å². The predicted molar refractivity (Wildman–Crippen MR) is 94.5 cm³/mol. The predicted octanol–water partition coefficient (Wildman–Crippen LogP) is 1.21. The molecule has 3 rings (SSSR count). The Hall–Kier alpha value is -3.29. The fourth-order valence-corrected chi connectivity index (χ4v) is 2.93. The minimum Gasteiger partial charge on any atom is -0.617 e. The molecule has 8 nitrogen and oxygen atoms in total. The van der Waals surface area contributed by atoms with Gasteiger partial charge in [0.05, 0.1) is 0 Å². The second-order valence-corrected chi connectivity index (χ2v) is 5.71. The molecule has 136 valence electrons. The van der Waals surface area contributed by atoms with Crippen LogP contribution in [0.2, 0.25) is 0 Å². The topological polar surface area (TPSA) is 104 Å². The Balaban J connectivity index is 2.11. The van der Waals surface area contributed by atoms with Crippen molar-refractivity contribution in [1.29, 1.82) is 0 Å². The van der Waals surface area contributed by atoms with Gasteiger partial charge in [-0.25, -0.2) is 0 Å². The van der Waals surface area contributed by atoms with Crippen molar-refractivity contribution < 1.29 is 24.1 Å². The quantitative estimate of drug-likeness (QED) is 0.420. The van der Waals surface area contributed by atoms with Crippen molar-refractivity contribution in [3.63, 3.8) is 0 Å². The second-order valence-electron chi connectivity index (χ2n) is 5.71. The molecule has 1 aromatic heterocycles. The van der Waals surface area contributed by atoms with Crippen molar-refractivity contribution in [2.24, 2.45) is 0 Å².